The minimum absolute atomic E-state index is 0.520. The maximum absolute atomic E-state index is 12.4. The molecule has 0 bridgehead atoms. The Bertz CT molecular complexity index is 394. The van der Waals surface area contributed by atoms with E-state index >= 15 is 0 Å². The van der Waals surface area contributed by atoms with Crippen LogP contribution in [0.25, 0.3) is 11.0 Å². The largest absolute Gasteiger partial charge is 0.431 e. The van der Waals surface area contributed by atoms with Crippen LogP contribution in [0.5, 0.6) is 0 Å². The van der Waals surface area contributed by atoms with Gasteiger partial charge < -0.3 is 4.42 Å². The zero-order valence-corrected chi connectivity index (χ0v) is 6.23. The second-order valence-corrected chi connectivity index (χ2v) is 2.67. The van der Waals surface area contributed by atoms with Gasteiger partial charge in [-0.1, -0.05) is 11.6 Å². The summed E-state index contributed by atoms with van der Waals surface area (Å²) in [4.78, 5) is 0. The first-order valence-electron chi connectivity index (χ1n) is 3.10. The number of hydrogen-bond donors (Lipinski definition) is 0. The summed E-state index contributed by atoms with van der Waals surface area (Å²) in [5.74, 6) is 0. The number of hydrogen-bond acceptors (Lipinski definition) is 1. The second kappa shape index (κ2) is 2.24. The fourth-order valence-electron chi connectivity index (χ4n) is 0.982. The summed E-state index contributed by atoms with van der Waals surface area (Å²) >= 11 is 5.66. The molecular weight excluding hydrogens is 167 g/mol. The van der Waals surface area contributed by atoms with E-state index in [1.165, 1.54) is 6.07 Å². The molecule has 1 aromatic heterocycles. The van der Waals surface area contributed by atoms with Gasteiger partial charge in [0, 0.05) is 16.5 Å². The van der Waals surface area contributed by atoms with Crippen LogP contribution < -0.4 is 0 Å². The van der Waals surface area contributed by atoms with Crippen molar-refractivity contribution in [2.75, 3.05) is 0 Å². The third-order valence-corrected chi connectivity index (χ3v) is 1.68. The number of benzene rings is 1. The van der Waals surface area contributed by atoms with Crippen LogP contribution in [-0.4, -0.2) is 0 Å². The molecule has 0 N–H and O–H groups in total. The monoisotopic (exact) mass is 170 g/mol. The number of rotatable bonds is 0. The van der Waals surface area contributed by atoms with Gasteiger partial charge >= 0.3 is 0 Å². The van der Waals surface area contributed by atoms with Crippen molar-refractivity contribution in [2.45, 2.75) is 0 Å². The van der Waals surface area contributed by atoms with Gasteiger partial charge in [0.2, 0.25) is 0 Å². The van der Waals surface area contributed by atoms with Crippen molar-refractivity contribution in [2.24, 2.45) is 0 Å². The van der Waals surface area contributed by atoms with Gasteiger partial charge in [-0.15, -0.1) is 0 Å². The van der Waals surface area contributed by atoms with Crippen molar-refractivity contribution < 1.29 is 8.81 Å². The van der Waals surface area contributed by atoms with E-state index in [0.717, 1.165) is 0 Å². The summed E-state index contributed by atoms with van der Waals surface area (Å²) in [5, 5.41) is 1.27. The lowest BCUT2D eigenvalue weighted by Gasteiger charge is -1.86. The summed E-state index contributed by atoms with van der Waals surface area (Å²) in [6.07, 6.45) is 0. The Morgan fingerprint density at radius 3 is 2.91 bits per heavy atom. The molecule has 0 aliphatic carbocycles. The first-order valence-corrected chi connectivity index (χ1v) is 3.48. The van der Waals surface area contributed by atoms with Crippen molar-refractivity contribution in [3.8, 4) is 0 Å². The highest BCUT2D eigenvalue weighted by molar-refractivity contribution is 6.31. The van der Waals surface area contributed by atoms with Crippen molar-refractivity contribution in [3.05, 3.63) is 35.3 Å². The summed E-state index contributed by atoms with van der Waals surface area (Å²) < 4.78 is 17.1. The molecular formula is C8H4ClFO. The molecule has 1 aromatic carbocycles. The average molecular weight is 171 g/mol. The Balaban J connectivity index is 2.82. The molecule has 0 amide bonds. The molecule has 0 unspecified atom stereocenters. The van der Waals surface area contributed by atoms with Crippen molar-refractivity contribution in [3.63, 3.8) is 0 Å². The molecule has 2 aromatic rings. The van der Waals surface area contributed by atoms with E-state index in [1.807, 2.05) is 0 Å². The third-order valence-electron chi connectivity index (χ3n) is 1.45. The summed E-state index contributed by atoms with van der Waals surface area (Å²) in [6.45, 7) is 0. The van der Waals surface area contributed by atoms with Crippen LogP contribution in [0.4, 0.5) is 4.39 Å². The van der Waals surface area contributed by atoms with Gasteiger partial charge in [-0.3, -0.25) is 0 Å². The maximum Gasteiger partial charge on any atom is 0.278 e. The smallest absolute Gasteiger partial charge is 0.278 e. The molecule has 1 nitrogen and oxygen atoms in total. The van der Waals surface area contributed by atoms with Gasteiger partial charge in [0.15, 0.2) is 0 Å². The predicted octanol–water partition coefficient (Wildman–Crippen LogP) is 3.23. The molecule has 1 heterocycles. The molecule has 0 aliphatic heterocycles. The van der Waals surface area contributed by atoms with Crippen LogP contribution in [0, 0.1) is 6.01 Å². The van der Waals surface area contributed by atoms with E-state index in [4.69, 9.17) is 16.0 Å². The minimum atomic E-state index is -0.581. The highest BCUT2D eigenvalue weighted by atomic mass is 35.5. The maximum atomic E-state index is 12.4. The second-order valence-electron chi connectivity index (χ2n) is 2.23. The summed E-state index contributed by atoms with van der Waals surface area (Å²) in [7, 11) is 0. The molecule has 0 saturated carbocycles. The molecule has 0 radical (unpaired) electrons. The van der Waals surface area contributed by atoms with Crippen LogP contribution in [0.2, 0.25) is 5.02 Å². The van der Waals surface area contributed by atoms with Gasteiger partial charge in [-0.05, 0) is 18.2 Å². The van der Waals surface area contributed by atoms with E-state index < -0.39 is 6.01 Å². The average Bonchev–Trinajstić information content (AvgIpc) is 2.27. The Hall–Kier alpha value is -1.02. The van der Waals surface area contributed by atoms with Crippen LogP contribution >= 0.6 is 11.6 Å². The fourth-order valence-corrected chi connectivity index (χ4v) is 1.16. The highest BCUT2D eigenvalue weighted by Gasteiger charge is 2.01. The van der Waals surface area contributed by atoms with E-state index in [1.54, 1.807) is 18.2 Å². The van der Waals surface area contributed by atoms with Gasteiger partial charge in [-0.2, -0.15) is 4.39 Å². The summed E-state index contributed by atoms with van der Waals surface area (Å²) in [5.41, 5.74) is 0.520. The summed E-state index contributed by atoms with van der Waals surface area (Å²) in [6, 6.07) is 5.68. The van der Waals surface area contributed by atoms with Crippen LogP contribution in [0.1, 0.15) is 0 Å². The van der Waals surface area contributed by atoms with E-state index in [-0.39, 0.29) is 0 Å². The molecule has 3 heteroatoms. The Morgan fingerprint density at radius 2 is 2.09 bits per heavy atom. The van der Waals surface area contributed by atoms with Gasteiger partial charge in [0.25, 0.3) is 6.01 Å². The molecule has 0 aliphatic rings. The Labute approximate surface area is 67.4 Å². The van der Waals surface area contributed by atoms with Crippen LogP contribution in [0.3, 0.4) is 0 Å². The SMILES string of the molecule is Fc1cc2cc(Cl)ccc2o1. The van der Waals surface area contributed by atoms with Gasteiger partial charge in [-0.25, -0.2) is 0 Å². The first kappa shape index (κ1) is 6.68. The third kappa shape index (κ3) is 1.10. The lowest BCUT2D eigenvalue weighted by atomic mass is 10.3. The van der Waals surface area contributed by atoms with Crippen molar-refractivity contribution >= 4 is 22.6 Å². The molecule has 56 valence electrons. The zero-order chi connectivity index (χ0) is 7.84. The standard InChI is InChI=1S/C8H4ClFO/c9-6-1-2-7-5(3-6)4-8(10)11-7/h1-4H. The quantitative estimate of drug-likeness (QED) is 0.592. The van der Waals surface area contributed by atoms with Gasteiger partial charge in [0.05, 0.1) is 0 Å². The Kier molecular flexibility index (Phi) is 1.36. The number of halogens is 2. The van der Waals surface area contributed by atoms with E-state index in [2.05, 4.69) is 0 Å². The molecule has 0 spiro atoms. The van der Waals surface area contributed by atoms with Crippen molar-refractivity contribution in [1.29, 1.82) is 0 Å². The highest BCUT2D eigenvalue weighted by Crippen LogP contribution is 2.21. The predicted molar refractivity (Wildman–Crippen MR) is 41.2 cm³/mol. The molecule has 0 atom stereocenters. The molecule has 0 saturated heterocycles. The van der Waals surface area contributed by atoms with E-state index in [0.29, 0.717) is 16.0 Å². The zero-order valence-electron chi connectivity index (χ0n) is 5.47. The van der Waals surface area contributed by atoms with Crippen LogP contribution in [-0.2, 0) is 0 Å². The Morgan fingerprint density at radius 1 is 1.27 bits per heavy atom. The normalized spacial score (nSPS) is 10.7. The lowest BCUT2D eigenvalue weighted by molar-refractivity contribution is 0.381. The minimum Gasteiger partial charge on any atom is -0.431 e. The van der Waals surface area contributed by atoms with Gasteiger partial charge in [0.1, 0.15) is 5.58 Å². The van der Waals surface area contributed by atoms with Crippen molar-refractivity contribution in [1.82, 2.24) is 0 Å². The molecule has 11 heavy (non-hydrogen) atoms. The number of fused-ring (bicyclic) bond motifs is 1. The lowest BCUT2D eigenvalue weighted by Crippen LogP contribution is -1.62. The van der Waals surface area contributed by atoms with E-state index in [9.17, 15) is 4.39 Å². The molecule has 0 fully saturated rings. The fraction of sp³-hybridized carbons (Fsp3) is 0. The topological polar surface area (TPSA) is 13.1 Å². The number of furan rings is 1. The van der Waals surface area contributed by atoms with Crippen LogP contribution in [0.15, 0.2) is 28.7 Å². The first-order chi connectivity index (χ1) is 5.25. The molecule has 2 rings (SSSR count).